The highest BCUT2D eigenvalue weighted by atomic mass is 16.4. The van der Waals surface area contributed by atoms with Crippen LogP contribution in [0.3, 0.4) is 0 Å². The second-order valence-electron chi connectivity index (χ2n) is 4.75. The van der Waals surface area contributed by atoms with Crippen molar-refractivity contribution in [3.05, 3.63) is 57.4 Å². The number of Topliss-reactive ketones (excluding diaryl/α,β-unsaturated/α-hetero) is 1. The molecular weight excluding hydrogens is 262 g/mol. The fraction of sp³-hybridized carbons (Fsp3) is 0.214. The monoisotopic (exact) mass is 273 g/mol. The maximum atomic E-state index is 12.1. The van der Waals surface area contributed by atoms with Gasteiger partial charge in [0.2, 0.25) is 0 Å². The van der Waals surface area contributed by atoms with Crippen LogP contribution in [0.2, 0.25) is 0 Å². The van der Waals surface area contributed by atoms with Gasteiger partial charge in [-0.3, -0.25) is 9.59 Å². The van der Waals surface area contributed by atoms with E-state index in [9.17, 15) is 14.4 Å². The maximum Gasteiger partial charge on any atom is 0.341 e. The Kier molecular flexibility index (Phi) is 2.78. The van der Waals surface area contributed by atoms with Gasteiger partial charge in [0, 0.05) is 23.6 Å². The average molecular weight is 273 g/mol. The second-order valence-corrected chi connectivity index (χ2v) is 4.75. The van der Waals surface area contributed by atoms with E-state index >= 15 is 0 Å². The van der Waals surface area contributed by atoms with Crippen molar-refractivity contribution in [2.24, 2.45) is 0 Å². The summed E-state index contributed by atoms with van der Waals surface area (Å²) in [5, 5.41) is 8.91. The average Bonchev–Trinajstić information content (AvgIpc) is 2.91. The minimum Gasteiger partial charge on any atom is -0.477 e. The van der Waals surface area contributed by atoms with E-state index < -0.39 is 17.1 Å². The minimum atomic E-state index is -1.34. The molecule has 2 heterocycles. The van der Waals surface area contributed by atoms with Crippen LogP contribution in [0.15, 0.2) is 33.7 Å². The number of aromatic amines is 1. The molecule has 0 spiro atoms. The van der Waals surface area contributed by atoms with E-state index in [1.165, 1.54) is 6.26 Å². The van der Waals surface area contributed by atoms with Gasteiger partial charge in [-0.05, 0) is 24.6 Å². The highest BCUT2D eigenvalue weighted by molar-refractivity contribution is 6.00. The number of rotatable bonds is 2. The molecule has 1 aliphatic carbocycles. The minimum absolute atomic E-state index is 0.128. The number of pyridine rings is 1. The number of fused-ring (bicyclic) bond motifs is 1. The maximum absolute atomic E-state index is 12.1. The number of carbonyl (C=O) groups excluding carboxylic acids is 1. The first kappa shape index (κ1) is 12.4. The predicted octanol–water partition coefficient (Wildman–Crippen LogP) is 1.58. The Balaban J connectivity index is 2.05. The van der Waals surface area contributed by atoms with Gasteiger partial charge in [-0.15, -0.1) is 0 Å². The predicted molar refractivity (Wildman–Crippen MR) is 68.1 cm³/mol. The van der Waals surface area contributed by atoms with Gasteiger partial charge in [0.1, 0.15) is 11.3 Å². The molecule has 0 bridgehead atoms. The van der Waals surface area contributed by atoms with Crippen LogP contribution in [0.4, 0.5) is 0 Å². The van der Waals surface area contributed by atoms with Crippen LogP contribution in [0.5, 0.6) is 0 Å². The van der Waals surface area contributed by atoms with Gasteiger partial charge in [0.25, 0.3) is 5.56 Å². The summed E-state index contributed by atoms with van der Waals surface area (Å²) < 4.78 is 5.29. The molecule has 0 aromatic carbocycles. The lowest BCUT2D eigenvalue weighted by Crippen LogP contribution is -2.27. The molecule has 1 aliphatic rings. The number of hydrogen-bond acceptors (Lipinski definition) is 4. The Labute approximate surface area is 113 Å². The molecule has 0 unspecified atom stereocenters. The summed E-state index contributed by atoms with van der Waals surface area (Å²) in [6.07, 6.45) is 2.22. The van der Waals surface area contributed by atoms with E-state index in [1.807, 2.05) is 0 Å². The molecule has 6 nitrogen and oxygen atoms in total. The normalized spacial score (nSPS) is 17.8. The van der Waals surface area contributed by atoms with E-state index in [2.05, 4.69) is 4.98 Å². The zero-order chi connectivity index (χ0) is 14.3. The number of carboxylic acids is 1. The van der Waals surface area contributed by atoms with Crippen LogP contribution in [0.1, 0.15) is 44.5 Å². The topological polar surface area (TPSA) is 100 Å². The lowest BCUT2D eigenvalue weighted by molar-refractivity contribution is 0.0695. The van der Waals surface area contributed by atoms with Crippen molar-refractivity contribution in [3.8, 4) is 0 Å². The molecule has 6 heteroatoms. The summed E-state index contributed by atoms with van der Waals surface area (Å²) in [5.74, 6) is -0.968. The zero-order valence-corrected chi connectivity index (χ0v) is 10.4. The molecule has 0 amide bonds. The number of H-pyrrole nitrogens is 1. The zero-order valence-electron chi connectivity index (χ0n) is 10.4. The standard InChI is InChI=1S/C14H11NO5/c16-11-5-7(12-2-1-3-20-12)4-10-8(11)6-9(14(18)19)13(17)15-10/h1-3,6-7H,4-5H2,(H,15,17)(H,18,19)/t7-/m0/s1. The lowest BCUT2D eigenvalue weighted by Gasteiger charge is -2.21. The van der Waals surface area contributed by atoms with Crippen molar-refractivity contribution < 1.29 is 19.1 Å². The molecule has 3 rings (SSSR count). The molecule has 2 N–H and O–H groups in total. The van der Waals surface area contributed by atoms with Gasteiger partial charge < -0.3 is 14.5 Å². The van der Waals surface area contributed by atoms with Gasteiger partial charge in [0.15, 0.2) is 5.78 Å². The number of nitrogens with one attached hydrogen (secondary N) is 1. The Bertz CT molecular complexity index is 741. The van der Waals surface area contributed by atoms with Crippen molar-refractivity contribution in [3.63, 3.8) is 0 Å². The second kappa shape index (κ2) is 4.48. The Morgan fingerprint density at radius 1 is 1.35 bits per heavy atom. The van der Waals surface area contributed by atoms with Crippen molar-refractivity contribution in [2.45, 2.75) is 18.8 Å². The molecule has 2 aromatic heterocycles. The van der Waals surface area contributed by atoms with E-state index in [0.717, 1.165) is 6.07 Å². The highest BCUT2D eigenvalue weighted by Gasteiger charge is 2.30. The molecule has 0 radical (unpaired) electrons. The molecular formula is C14H11NO5. The van der Waals surface area contributed by atoms with Gasteiger partial charge in [-0.1, -0.05) is 0 Å². The van der Waals surface area contributed by atoms with E-state index in [1.54, 1.807) is 12.1 Å². The summed E-state index contributed by atoms with van der Waals surface area (Å²) in [6.45, 7) is 0. The first-order valence-electron chi connectivity index (χ1n) is 6.12. The van der Waals surface area contributed by atoms with Crippen LogP contribution >= 0.6 is 0 Å². The quantitative estimate of drug-likeness (QED) is 0.865. The van der Waals surface area contributed by atoms with E-state index in [-0.39, 0.29) is 23.7 Å². The smallest absolute Gasteiger partial charge is 0.341 e. The lowest BCUT2D eigenvalue weighted by atomic mass is 9.84. The van der Waals surface area contributed by atoms with Crippen LogP contribution in [0, 0.1) is 0 Å². The Hall–Kier alpha value is -2.63. The largest absolute Gasteiger partial charge is 0.477 e. The van der Waals surface area contributed by atoms with Crippen molar-refractivity contribution in [2.75, 3.05) is 0 Å². The third-order valence-electron chi connectivity index (χ3n) is 3.48. The van der Waals surface area contributed by atoms with Crippen LogP contribution in [-0.2, 0) is 6.42 Å². The highest BCUT2D eigenvalue weighted by Crippen LogP contribution is 2.31. The van der Waals surface area contributed by atoms with Gasteiger partial charge in [-0.25, -0.2) is 4.79 Å². The molecule has 0 aliphatic heterocycles. The molecule has 1 atom stereocenters. The number of carbonyl (C=O) groups is 2. The third-order valence-corrected chi connectivity index (χ3v) is 3.48. The molecule has 20 heavy (non-hydrogen) atoms. The summed E-state index contributed by atoms with van der Waals surface area (Å²) in [5.41, 5.74) is -0.347. The number of ketones is 1. The van der Waals surface area contributed by atoms with Crippen molar-refractivity contribution in [1.82, 2.24) is 4.98 Å². The summed E-state index contributed by atoms with van der Waals surface area (Å²) >= 11 is 0. The van der Waals surface area contributed by atoms with E-state index in [0.29, 0.717) is 17.9 Å². The molecule has 0 saturated carbocycles. The fourth-order valence-electron chi connectivity index (χ4n) is 2.51. The SMILES string of the molecule is O=C1C[C@@H](c2ccco2)Cc2[nH]c(=O)c(C(=O)O)cc21. The van der Waals surface area contributed by atoms with Gasteiger partial charge in [0.05, 0.1) is 6.26 Å². The van der Waals surface area contributed by atoms with Crippen LogP contribution < -0.4 is 5.56 Å². The van der Waals surface area contributed by atoms with Gasteiger partial charge in [-0.2, -0.15) is 0 Å². The van der Waals surface area contributed by atoms with Crippen LogP contribution in [-0.4, -0.2) is 21.8 Å². The van der Waals surface area contributed by atoms with Crippen LogP contribution in [0.25, 0.3) is 0 Å². The summed E-state index contributed by atoms with van der Waals surface area (Å²) in [4.78, 5) is 37.2. The Morgan fingerprint density at radius 2 is 2.15 bits per heavy atom. The molecule has 102 valence electrons. The molecule has 0 saturated heterocycles. The van der Waals surface area contributed by atoms with Crippen molar-refractivity contribution >= 4 is 11.8 Å². The van der Waals surface area contributed by atoms with E-state index in [4.69, 9.17) is 9.52 Å². The number of furan rings is 1. The number of hydrogen-bond donors (Lipinski definition) is 2. The summed E-state index contributed by atoms with van der Waals surface area (Å²) in [7, 11) is 0. The number of aromatic nitrogens is 1. The molecule has 0 fully saturated rings. The molecule has 2 aromatic rings. The first-order chi connectivity index (χ1) is 9.56. The fourth-order valence-corrected chi connectivity index (χ4v) is 2.51. The third kappa shape index (κ3) is 1.95. The Morgan fingerprint density at radius 3 is 2.80 bits per heavy atom. The summed E-state index contributed by atoms with van der Waals surface area (Å²) in [6, 6.07) is 4.69. The first-order valence-corrected chi connectivity index (χ1v) is 6.12. The van der Waals surface area contributed by atoms with Gasteiger partial charge >= 0.3 is 5.97 Å². The number of aromatic carboxylic acids is 1. The van der Waals surface area contributed by atoms with Crippen molar-refractivity contribution in [1.29, 1.82) is 0 Å². The number of carboxylic acid groups (broad SMARTS) is 1.